The highest BCUT2D eigenvalue weighted by atomic mass is 16.2. The summed E-state index contributed by atoms with van der Waals surface area (Å²) in [6.45, 7) is 0.823. The molecule has 3 aromatic rings. The molecule has 0 spiro atoms. The third kappa shape index (κ3) is 4.70. The Kier molecular flexibility index (Phi) is 5.99. The van der Waals surface area contributed by atoms with Gasteiger partial charge in [0.2, 0.25) is 5.91 Å². The number of carbonyl (C=O) groups is 2. The second-order valence-corrected chi connectivity index (χ2v) is 6.12. The molecule has 3 rings (SSSR count). The summed E-state index contributed by atoms with van der Waals surface area (Å²) in [7, 11) is 0. The van der Waals surface area contributed by atoms with E-state index in [2.05, 4.69) is 10.6 Å². The van der Waals surface area contributed by atoms with Crippen LogP contribution in [0.3, 0.4) is 0 Å². The number of hydrogen-bond donors (Lipinski definition) is 2. The SMILES string of the molecule is O=C(CCc1ccccc1)NCCNC(=O)c1cccc2ccccc12. The summed E-state index contributed by atoms with van der Waals surface area (Å²) in [5.41, 5.74) is 1.80. The number of hydrogen-bond acceptors (Lipinski definition) is 2. The maximum Gasteiger partial charge on any atom is 0.251 e. The van der Waals surface area contributed by atoms with Crippen LogP contribution >= 0.6 is 0 Å². The molecule has 0 saturated carbocycles. The zero-order valence-electron chi connectivity index (χ0n) is 14.6. The fourth-order valence-corrected chi connectivity index (χ4v) is 2.89. The molecule has 0 aliphatic carbocycles. The molecule has 4 heteroatoms. The summed E-state index contributed by atoms with van der Waals surface area (Å²) >= 11 is 0. The summed E-state index contributed by atoms with van der Waals surface area (Å²) in [5, 5.41) is 7.68. The van der Waals surface area contributed by atoms with Gasteiger partial charge in [-0.05, 0) is 28.8 Å². The van der Waals surface area contributed by atoms with E-state index in [4.69, 9.17) is 0 Å². The first-order valence-electron chi connectivity index (χ1n) is 8.80. The van der Waals surface area contributed by atoms with E-state index in [0.717, 1.165) is 22.8 Å². The third-order valence-electron chi connectivity index (χ3n) is 4.25. The summed E-state index contributed by atoms with van der Waals surface area (Å²) < 4.78 is 0. The third-order valence-corrected chi connectivity index (χ3v) is 4.25. The molecule has 0 bridgehead atoms. The molecule has 3 aromatic carbocycles. The van der Waals surface area contributed by atoms with Gasteiger partial charge in [0, 0.05) is 25.1 Å². The molecule has 26 heavy (non-hydrogen) atoms. The van der Waals surface area contributed by atoms with Crippen molar-refractivity contribution in [1.82, 2.24) is 10.6 Å². The van der Waals surface area contributed by atoms with Crippen LogP contribution in [0, 0.1) is 0 Å². The lowest BCUT2D eigenvalue weighted by Crippen LogP contribution is -2.34. The summed E-state index contributed by atoms with van der Waals surface area (Å²) in [4.78, 5) is 24.3. The van der Waals surface area contributed by atoms with E-state index >= 15 is 0 Å². The van der Waals surface area contributed by atoms with Crippen LogP contribution in [0.5, 0.6) is 0 Å². The van der Waals surface area contributed by atoms with Gasteiger partial charge in [-0.1, -0.05) is 66.7 Å². The number of aryl methyl sites for hydroxylation is 1. The summed E-state index contributed by atoms with van der Waals surface area (Å²) in [5.74, 6) is -0.131. The first-order valence-corrected chi connectivity index (χ1v) is 8.80. The molecule has 0 saturated heterocycles. The molecule has 4 nitrogen and oxygen atoms in total. The number of nitrogens with one attached hydrogen (secondary N) is 2. The van der Waals surface area contributed by atoms with Gasteiger partial charge in [0.05, 0.1) is 0 Å². The zero-order chi connectivity index (χ0) is 18.2. The van der Waals surface area contributed by atoms with Crippen molar-refractivity contribution in [2.45, 2.75) is 12.8 Å². The van der Waals surface area contributed by atoms with Gasteiger partial charge in [-0.15, -0.1) is 0 Å². The largest absolute Gasteiger partial charge is 0.354 e. The van der Waals surface area contributed by atoms with Gasteiger partial charge in [0.1, 0.15) is 0 Å². The molecular weight excluding hydrogens is 324 g/mol. The van der Waals surface area contributed by atoms with Crippen LogP contribution in [0.2, 0.25) is 0 Å². The van der Waals surface area contributed by atoms with Gasteiger partial charge in [0.25, 0.3) is 5.91 Å². The van der Waals surface area contributed by atoms with Crippen molar-refractivity contribution in [1.29, 1.82) is 0 Å². The normalized spacial score (nSPS) is 10.5. The minimum atomic E-state index is -0.125. The second kappa shape index (κ2) is 8.81. The van der Waals surface area contributed by atoms with Crippen LogP contribution in [0.15, 0.2) is 72.8 Å². The Morgan fingerprint density at radius 3 is 2.27 bits per heavy atom. The van der Waals surface area contributed by atoms with E-state index in [1.54, 1.807) is 0 Å². The van der Waals surface area contributed by atoms with Crippen molar-refractivity contribution in [3.8, 4) is 0 Å². The second-order valence-electron chi connectivity index (χ2n) is 6.12. The molecular formula is C22H22N2O2. The van der Waals surface area contributed by atoms with Crippen LogP contribution in [0.4, 0.5) is 0 Å². The minimum absolute atomic E-state index is 0.00624. The van der Waals surface area contributed by atoms with Crippen molar-refractivity contribution >= 4 is 22.6 Å². The maximum atomic E-state index is 12.4. The average molecular weight is 346 g/mol. The van der Waals surface area contributed by atoms with E-state index < -0.39 is 0 Å². The molecule has 0 aliphatic rings. The van der Waals surface area contributed by atoms with Crippen molar-refractivity contribution in [3.63, 3.8) is 0 Å². The molecule has 0 radical (unpaired) electrons. The van der Waals surface area contributed by atoms with Crippen LogP contribution < -0.4 is 10.6 Å². The average Bonchev–Trinajstić information content (AvgIpc) is 2.70. The fraction of sp³-hybridized carbons (Fsp3) is 0.182. The lowest BCUT2D eigenvalue weighted by Gasteiger charge is -2.09. The van der Waals surface area contributed by atoms with Gasteiger partial charge >= 0.3 is 0 Å². The molecule has 0 fully saturated rings. The van der Waals surface area contributed by atoms with Gasteiger partial charge in [0.15, 0.2) is 0 Å². The Balaban J connectivity index is 1.43. The monoisotopic (exact) mass is 346 g/mol. The van der Waals surface area contributed by atoms with E-state index in [1.807, 2.05) is 72.8 Å². The van der Waals surface area contributed by atoms with Crippen molar-refractivity contribution in [3.05, 3.63) is 83.9 Å². The lowest BCUT2D eigenvalue weighted by atomic mass is 10.0. The van der Waals surface area contributed by atoms with Crippen molar-refractivity contribution < 1.29 is 9.59 Å². The van der Waals surface area contributed by atoms with Gasteiger partial charge in [-0.25, -0.2) is 0 Å². The first-order chi connectivity index (χ1) is 12.7. The van der Waals surface area contributed by atoms with Crippen LogP contribution in [-0.2, 0) is 11.2 Å². The smallest absolute Gasteiger partial charge is 0.251 e. The van der Waals surface area contributed by atoms with Crippen molar-refractivity contribution in [2.75, 3.05) is 13.1 Å². The van der Waals surface area contributed by atoms with Crippen LogP contribution in [0.25, 0.3) is 10.8 Å². The van der Waals surface area contributed by atoms with E-state index in [1.165, 1.54) is 0 Å². The number of fused-ring (bicyclic) bond motifs is 1. The zero-order valence-corrected chi connectivity index (χ0v) is 14.6. The highest BCUT2D eigenvalue weighted by Crippen LogP contribution is 2.18. The first kappa shape index (κ1) is 17.7. The standard InChI is InChI=1S/C22H22N2O2/c25-21(14-13-17-7-2-1-3-8-17)23-15-16-24-22(26)20-12-6-10-18-9-4-5-11-19(18)20/h1-12H,13-16H2,(H,23,25)(H,24,26). The Bertz CT molecular complexity index is 886. The molecule has 2 amide bonds. The predicted molar refractivity (Wildman–Crippen MR) is 104 cm³/mol. The number of carbonyl (C=O) groups excluding carboxylic acids is 2. The maximum absolute atomic E-state index is 12.4. The van der Waals surface area contributed by atoms with Crippen molar-refractivity contribution in [2.24, 2.45) is 0 Å². The summed E-state index contributed by atoms with van der Waals surface area (Å²) in [6, 6.07) is 23.4. The van der Waals surface area contributed by atoms with E-state index in [9.17, 15) is 9.59 Å². The van der Waals surface area contributed by atoms with E-state index in [-0.39, 0.29) is 11.8 Å². The number of benzene rings is 3. The molecule has 0 aromatic heterocycles. The van der Waals surface area contributed by atoms with Crippen LogP contribution in [-0.4, -0.2) is 24.9 Å². The molecule has 0 aliphatic heterocycles. The number of rotatable bonds is 7. The Morgan fingerprint density at radius 1 is 0.731 bits per heavy atom. The molecule has 0 unspecified atom stereocenters. The fourth-order valence-electron chi connectivity index (χ4n) is 2.89. The van der Waals surface area contributed by atoms with Gasteiger partial charge < -0.3 is 10.6 Å². The van der Waals surface area contributed by atoms with E-state index in [0.29, 0.717) is 25.1 Å². The Morgan fingerprint density at radius 2 is 1.42 bits per heavy atom. The molecule has 0 atom stereocenters. The molecule has 132 valence electrons. The highest BCUT2D eigenvalue weighted by molar-refractivity contribution is 6.07. The molecule has 0 heterocycles. The quantitative estimate of drug-likeness (QED) is 0.645. The van der Waals surface area contributed by atoms with Gasteiger partial charge in [-0.3, -0.25) is 9.59 Å². The Hall–Kier alpha value is -3.14. The topological polar surface area (TPSA) is 58.2 Å². The highest BCUT2D eigenvalue weighted by Gasteiger charge is 2.09. The molecule has 2 N–H and O–H groups in total. The van der Waals surface area contributed by atoms with Gasteiger partial charge in [-0.2, -0.15) is 0 Å². The number of amides is 2. The minimum Gasteiger partial charge on any atom is -0.354 e. The lowest BCUT2D eigenvalue weighted by molar-refractivity contribution is -0.121. The predicted octanol–water partition coefficient (Wildman–Crippen LogP) is 3.32. The summed E-state index contributed by atoms with van der Waals surface area (Å²) in [6.07, 6.45) is 1.16. The van der Waals surface area contributed by atoms with Crippen LogP contribution in [0.1, 0.15) is 22.3 Å². The Labute approximate surface area is 153 Å².